The van der Waals surface area contributed by atoms with Crippen molar-refractivity contribution in [3.05, 3.63) is 72.0 Å². The van der Waals surface area contributed by atoms with E-state index in [9.17, 15) is 4.79 Å². The highest BCUT2D eigenvalue weighted by Gasteiger charge is 2.09. The van der Waals surface area contributed by atoms with Gasteiger partial charge >= 0.3 is 5.97 Å². The van der Waals surface area contributed by atoms with Gasteiger partial charge in [-0.15, -0.1) is 0 Å². The van der Waals surface area contributed by atoms with E-state index in [-0.39, 0.29) is 12.6 Å². The van der Waals surface area contributed by atoms with Crippen molar-refractivity contribution >= 4 is 16.9 Å². The van der Waals surface area contributed by atoms with Crippen molar-refractivity contribution in [1.82, 2.24) is 0 Å². The van der Waals surface area contributed by atoms with E-state index in [4.69, 9.17) is 9.15 Å². The number of furan rings is 1. The van der Waals surface area contributed by atoms with Crippen LogP contribution in [-0.4, -0.2) is 5.97 Å². The number of rotatable bonds is 3. The molecular weight excluding hydrogens is 240 g/mol. The third-order valence-corrected chi connectivity index (χ3v) is 2.93. The number of carbonyl (C=O) groups is 1. The van der Waals surface area contributed by atoms with E-state index < -0.39 is 0 Å². The summed E-state index contributed by atoms with van der Waals surface area (Å²) in [7, 11) is 0. The summed E-state index contributed by atoms with van der Waals surface area (Å²) in [5.41, 5.74) is 2.23. The van der Waals surface area contributed by atoms with Crippen molar-refractivity contribution in [2.75, 3.05) is 0 Å². The molecule has 3 rings (SSSR count). The molecule has 3 nitrogen and oxygen atoms in total. The third-order valence-electron chi connectivity index (χ3n) is 2.93. The number of carbonyl (C=O) groups excluding carboxylic acids is 1. The van der Waals surface area contributed by atoms with Crippen LogP contribution >= 0.6 is 0 Å². The maximum atomic E-state index is 11.8. The van der Waals surface area contributed by atoms with Gasteiger partial charge in [-0.25, -0.2) is 4.79 Å². The van der Waals surface area contributed by atoms with Crippen molar-refractivity contribution in [2.24, 2.45) is 0 Å². The first-order valence-corrected chi connectivity index (χ1v) is 6.02. The Morgan fingerprint density at radius 2 is 1.74 bits per heavy atom. The Balaban J connectivity index is 1.75. The van der Waals surface area contributed by atoms with Gasteiger partial charge in [0.1, 0.15) is 12.2 Å². The first-order chi connectivity index (χ1) is 9.34. The molecule has 0 aliphatic rings. The van der Waals surface area contributed by atoms with Crippen LogP contribution in [-0.2, 0) is 11.3 Å². The Bertz CT molecular complexity index is 698. The number of ether oxygens (including phenoxy) is 1. The Labute approximate surface area is 110 Å². The van der Waals surface area contributed by atoms with Crippen LogP contribution in [0.25, 0.3) is 11.0 Å². The molecule has 0 aliphatic heterocycles. The zero-order valence-corrected chi connectivity index (χ0v) is 10.2. The summed E-state index contributed by atoms with van der Waals surface area (Å²) in [6, 6.07) is 16.6. The number of para-hydroxylation sites is 1. The van der Waals surface area contributed by atoms with Crippen molar-refractivity contribution < 1.29 is 13.9 Å². The summed E-state index contributed by atoms with van der Waals surface area (Å²) in [4.78, 5) is 11.8. The zero-order valence-electron chi connectivity index (χ0n) is 10.2. The van der Waals surface area contributed by atoms with E-state index in [1.165, 1.54) is 0 Å². The summed E-state index contributed by atoms with van der Waals surface area (Å²) < 4.78 is 10.7. The summed E-state index contributed by atoms with van der Waals surface area (Å²) in [5, 5.41) is 0.975. The number of hydrogen-bond donors (Lipinski definition) is 0. The highest BCUT2D eigenvalue weighted by molar-refractivity contribution is 5.89. The number of fused-ring (bicyclic) bond motifs is 1. The van der Waals surface area contributed by atoms with Crippen LogP contribution in [0, 0.1) is 0 Å². The quantitative estimate of drug-likeness (QED) is 0.666. The average Bonchev–Trinajstić information content (AvgIpc) is 2.89. The highest BCUT2D eigenvalue weighted by atomic mass is 16.5. The predicted molar refractivity (Wildman–Crippen MR) is 71.8 cm³/mol. The Morgan fingerprint density at radius 3 is 2.58 bits per heavy atom. The smallest absolute Gasteiger partial charge is 0.338 e. The standard InChI is InChI=1S/C16H12O3/c17-16(12-6-2-1-3-7-12)19-11-13-10-18-15-9-5-4-8-14(13)15/h1-10H,11H2. The third kappa shape index (κ3) is 2.36. The topological polar surface area (TPSA) is 39.4 Å². The summed E-state index contributed by atoms with van der Waals surface area (Å²) >= 11 is 0. The molecule has 0 saturated carbocycles. The molecule has 19 heavy (non-hydrogen) atoms. The first kappa shape index (κ1) is 11.5. The van der Waals surface area contributed by atoms with Gasteiger partial charge in [-0.05, 0) is 18.2 Å². The van der Waals surface area contributed by atoms with Gasteiger partial charge in [0, 0.05) is 10.9 Å². The first-order valence-electron chi connectivity index (χ1n) is 6.02. The lowest BCUT2D eigenvalue weighted by Gasteiger charge is -2.03. The van der Waals surface area contributed by atoms with E-state index in [0.29, 0.717) is 5.56 Å². The van der Waals surface area contributed by atoms with Crippen LogP contribution in [0.15, 0.2) is 65.3 Å². The monoisotopic (exact) mass is 252 g/mol. The largest absolute Gasteiger partial charge is 0.464 e. The predicted octanol–water partition coefficient (Wildman–Crippen LogP) is 3.79. The molecule has 0 unspecified atom stereocenters. The lowest BCUT2D eigenvalue weighted by molar-refractivity contribution is 0.0473. The van der Waals surface area contributed by atoms with Crippen LogP contribution in [0.3, 0.4) is 0 Å². The number of esters is 1. The second-order valence-electron chi connectivity index (χ2n) is 4.20. The van der Waals surface area contributed by atoms with Crippen molar-refractivity contribution in [2.45, 2.75) is 6.61 Å². The van der Waals surface area contributed by atoms with Gasteiger partial charge in [-0.2, -0.15) is 0 Å². The van der Waals surface area contributed by atoms with Crippen molar-refractivity contribution in [3.63, 3.8) is 0 Å². The van der Waals surface area contributed by atoms with Crippen LogP contribution in [0.1, 0.15) is 15.9 Å². The van der Waals surface area contributed by atoms with Gasteiger partial charge in [0.15, 0.2) is 0 Å². The molecule has 94 valence electrons. The fourth-order valence-corrected chi connectivity index (χ4v) is 1.95. The van der Waals surface area contributed by atoms with E-state index in [2.05, 4.69) is 0 Å². The molecule has 0 aliphatic carbocycles. The van der Waals surface area contributed by atoms with E-state index >= 15 is 0 Å². The minimum absolute atomic E-state index is 0.213. The normalized spacial score (nSPS) is 10.5. The fraction of sp³-hybridized carbons (Fsp3) is 0.0625. The molecule has 0 amide bonds. The molecule has 3 aromatic rings. The molecule has 0 N–H and O–H groups in total. The van der Waals surface area contributed by atoms with E-state index in [0.717, 1.165) is 16.5 Å². The molecule has 0 spiro atoms. The number of benzene rings is 2. The summed E-state index contributed by atoms with van der Waals surface area (Å²) in [6.45, 7) is 0.213. The average molecular weight is 252 g/mol. The van der Waals surface area contributed by atoms with Crippen LogP contribution in [0.5, 0.6) is 0 Å². The Hall–Kier alpha value is -2.55. The zero-order chi connectivity index (χ0) is 13.1. The van der Waals surface area contributed by atoms with Crippen molar-refractivity contribution in [1.29, 1.82) is 0 Å². The van der Waals surface area contributed by atoms with Gasteiger partial charge in [0.05, 0.1) is 11.8 Å². The second kappa shape index (κ2) is 4.98. The van der Waals surface area contributed by atoms with Crippen molar-refractivity contribution in [3.8, 4) is 0 Å². The molecular formula is C16H12O3. The summed E-state index contributed by atoms with van der Waals surface area (Å²) in [5.74, 6) is -0.328. The van der Waals surface area contributed by atoms with Gasteiger partial charge in [0.2, 0.25) is 0 Å². The molecule has 1 aromatic heterocycles. The molecule has 0 bridgehead atoms. The molecule has 1 heterocycles. The lowest BCUT2D eigenvalue weighted by Crippen LogP contribution is -2.04. The van der Waals surface area contributed by atoms with Gasteiger partial charge < -0.3 is 9.15 Å². The maximum Gasteiger partial charge on any atom is 0.338 e. The van der Waals surface area contributed by atoms with Crippen LogP contribution < -0.4 is 0 Å². The van der Waals surface area contributed by atoms with Gasteiger partial charge in [0.25, 0.3) is 0 Å². The molecule has 0 fully saturated rings. The Kier molecular flexibility index (Phi) is 3.02. The molecule has 0 radical (unpaired) electrons. The molecule has 2 aromatic carbocycles. The number of hydrogen-bond acceptors (Lipinski definition) is 3. The second-order valence-corrected chi connectivity index (χ2v) is 4.20. The Morgan fingerprint density at radius 1 is 1.00 bits per heavy atom. The fourth-order valence-electron chi connectivity index (χ4n) is 1.95. The van der Waals surface area contributed by atoms with Crippen LogP contribution in [0.2, 0.25) is 0 Å². The molecule has 0 atom stereocenters. The van der Waals surface area contributed by atoms with Gasteiger partial charge in [-0.3, -0.25) is 0 Å². The maximum absolute atomic E-state index is 11.8. The molecule has 3 heteroatoms. The SMILES string of the molecule is O=C(OCc1coc2ccccc12)c1ccccc1. The lowest BCUT2D eigenvalue weighted by atomic mass is 10.2. The minimum Gasteiger partial charge on any atom is -0.464 e. The molecule has 0 saturated heterocycles. The van der Waals surface area contributed by atoms with Crippen LogP contribution in [0.4, 0.5) is 0 Å². The van der Waals surface area contributed by atoms with Gasteiger partial charge in [-0.1, -0.05) is 36.4 Å². The minimum atomic E-state index is -0.328. The van der Waals surface area contributed by atoms with E-state index in [1.807, 2.05) is 42.5 Å². The van der Waals surface area contributed by atoms with E-state index in [1.54, 1.807) is 18.4 Å². The summed E-state index contributed by atoms with van der Waals surface area (Å²) in [6.07, 6.45) is 1.63. The highest BCUT2D eigenvalue weighted by Crippen LogP contribution is 2.21.